The maximum atomic E-state index is 11.7. The second-order valence-electron chi connectivity index (χ2n) is 5.14. The molecule has 0 saturated heterocycles. The number of hydrogen-bond acceptors (Lipinski definition) is 1. The molecule has 0 atom stereocenters. The van der Waals surface area contributed by atoms with Gasteiger partial charge in [0, 0.05) is 6.42 Å². The molecule has 0 aromatic carbocycles. The van der Waals surface area contributed by atoms with Crippen LogP contribution in [0.2, 0.25) is 0 Å². The Kier molecular flexibility index (Phi) is 3.29. The van der Waals surface area contributed by atoms with Crippen LogP contribution >= 0.6 is 0 Å². The topological polar surface area (TPSA) is 17.1 Å². The van der Waals surface area contributed by atoms with Gasteiger partial charge in [0.25, 0.3) is 0 Å². The van der Waals surface area contributed by atoms with Crippen molar-refractivity contribution in [2.75, 3.05) is 0 Å². The Morgan fingerprint density at radius 2 is 2.08 bits per heavy atom. The van der Waals surface area contributed by atoms with E-state index in [1.54, 1.807) is 0 Å². The summed E-state index contributed by atoms with van der Waals surface area (Å²) in [4.78, 5) is 11.7. The molecule has 0 spiro atoms. The zero-order chi connectivity index (χ0) is 9.90. The van der Waals surface area contributed by atoms with Crippen molar-refractivity contribution >= 4 is 5.78 Å². The number of carbonyl (C=O) groups excluding carboxylic acids is 1. The smallest absolute Gasteiger partial charge is 0.159 e. The first-order chi connectivity index (χ1) is 5.99. The lowest BCUT2D eigenvalue weighted by Gasteiger charge is -2.19. The van der Waals surface area contributed by atoms with Crippen LogP contribution in [0.15, 0.2) is 11.6 Å². The minimum absolute atomic E-state index is 0.134. The van der Waals surface area contributed by atoms with Crippen molar-refractivity contribution in [1.29, 1.82) is 0 Å². The third-order valence-electron chi connectivity index (χ3n) is 2.34. The molecule has 74 valence electrons. The van der Waals surface area contributed by atoms with E-state index in [9.17, 15) is 4.79 Å². The minimum atomic E-state index is 0.134. The van der Waals surface area contributed by atoms with Crippen molar-refractivity contribution in [2.45, 2.75) is 52.9 Å². The molecule has 1 rings (SSSR count). The van der Waals surface area contributed by atoms with Gasteiger partial charge in [0.15, 0.2) is 5.78 Å². The molecule has 0 unspecified atom stereocenters. The summed E-state index contributed by atoms with van der Waals surface area (Å²) in [5.74, 6) is 0.368. The maximum absolute atomic E-state index is 11.7. The summed E-state index contributed by atoms with van der Waals surface area (Å²) in [6.07, 6.45) is 7.39. The van der Waals surface area contributed by atoms with Crippen molar-refractivity contribution in [3.8, 4) is 0 Å². The molecule has 13 heavy (non-hydrogen) atoms. The Balaban J connectivity index is 2.52. The van der Waals surface area contributed by atoms with Gasteiger partial charge in [-0.1, -0.05) is 26.8 Å². The van der Waals surface area contributed by atoms with Crippen LogP contribution in [0.4, 0.5) is 0 Å². The molecule has 0 radical (unpaired) electrons. The van der Waals surface area contributed by atoms with Gasteiger partial charge in [-0.15, -0.1) is 0 Å². The Hall–Kier alpha value is -0.590. The molecule has 0 amide bonds. The van der Waals surface area contributed by atoms with Gasteiger partial charge in [0.2, 0.25) is 0 Å². The van der Waals surface area contributed by atoms with E-state index in [1.165, 1.54) is 12.8 Å². The minimum Gasteiger partial charge on any atom is -0.295 e. The van der Waals surface area contributed by atoms with Crippen LogP contribution in [0.3, 0.4) is 0 Å². The first-order valence-electron chi connectivity index (χ1n) is 5.21. The first-order valence-corrected chi connectivity index (χ1v) is 5.21. The molecule has 0 N–H and O–H groups in total. The SMILES string of the molecule is CC(C)(C)CC(=O)C1=CCCCC1. The van der Waals surface area contributed by atoms with Crippen molar-refractivity contribution < 1.29 is 4.79 Å². The van der Waals surface area contributed by atoms with E-state index in [0.717, 1.165) is 18.4 Å². The molecule has 0 aliphatic heterocycles. The molecule has 1 heteroatoms. The van der Waals surface area contributed by atoms with Gasteiger partial charge < -0.3 is 0 Å². The number of Topliss-reactive ketones (excluding diaryl/α,β-unsaturated/α-hetero) is 1. The van der Waals surface area contributed by atoms with E-state index in [1.807, 2.05) is 0 Å². The molecule has 0 aromatic heterocycles. The average Bonchev–Trinajstić information content (AvgIpc) is 2.03. The van der Waals surface area contributed by atoms with Crippen LogP contribution in [0.5, 0.6) is 0 Å². The third kappa shape index (κ3) is 3.75. The molecule has 1 aliphatic rings. The monoisotopic (exact) mass is 180 g/mol. The van der Waals surface area contributed by atoms with Gasteiger partial charge in [0.05, 0.1) is 0 Å². The van der Waals surface area contributed by atoms with E-state index in [-0.39, 0.29) is 5.41 Å². The summed E-state index contributed by atoms with van der Waals surface area (Å²) in [5.41, 5.74) is 1.22. The highest BCUT2D eigenvalue weighted by molar-refractivity contribution is 5.95. The van der Waals surface area contributed by atoms with Crippen molar-refractivity contribution in [2.24, 2.45) is 5.41 Å². The average molecular weight is 180 g/mol. The molecule has 0 fully saturated rings. The van der Waals surface area contributed by atoms with Crippen LogP contribution in [0.25, 0.3) is 0 Å². The summed E-state index contributed by atoms with van der Waals surface area (Å²) in [7, 11) is 0. The zero-order valence-electron chi connectivity index (χ0n) is 9.02. The van der Waals surface area contributed by atoms with Gasteiger partial charge in [0.1, 0.15) is 0 Å². The molecular formula is C12H20O. The Bertz CT molecular complexity index is 218. The van der Waals surface area contributed by atoms with Gasteiger partial charge in [-0.3, -0.25) is 4.79 Å². The van der Waals surface area contributed by atoms with Crippen molar-refractivity contribution in [3.05, 3.63) is 11.6 Å². The largest absolute Gasteiger partial charge is 0.295 e. The fourth-order valence-electron chi connectivity index (χ4n) is 1.69. The highest BCUT2D eigenvalue weighted by Gasteiger charge is 2.19. The van der Waals surface area contributed by atoms with Crippen LogP contribution in [-0.4, -0.2) is 5.78 Å². The molecule has 1 aliphatic carbocycles. The van der Waals surface area contributed by atoms with Crippen molar-refractivity contribution in [1.82, 2.24) is 0 Å². The first kappa shape index (κ1) is 10.5. The molecule has 1 nitrogen and oxygen atoms in total. The highest BCUT2D eigenvalue weighted by atomic mass is 16.1. The lowest BCUT2D eigenvalue weighted by atomic mass is 9.85. The Morgan fingerprint density at radius 3 is 2.54 bits per heavy atom. The summed E-state index contributed by atoms with van der Waals surface area (Å²) in [6.45, 7) is 6.36. The fourth-order valence-corrected chi connectivity index (χ4v) is 1.69. The quantitative estimate of drug-likeness (QED) is 0.635. The number of carbonyl (C=O) groups is 1. The van der Waals surface area contributed by atoms with Gasteiger partial charge in [-0.05, 0) is 36.7 Å². The molecule has 0 heterocycles. The lowest BCUT2D eigenvalue weighted by Crippen LogP contribution is -2.15. The summed E-state index contributed by atoms with van der Waals surface area (Å²) >= 11 is 0. The number of rotatable bonds is 2. The maximum Gasteiger partial charge on any atom is 0.159 e. The molecule has 0 saturated carbocycles. The van der Waals surface area contributed by atoms with E-state index >= 15 is 0 Å². The summed E-state index contributed by atoms with van der Waals surface area (Å²) < 4.78 is 0. The van der Waals surface area contributed by atoms with Crippen molar-refractivity contribution in [3.63, 3.8) is 0 Å². The lowest BCUT2D eigenvalue weighted by molar-refractivity contribution is -0.117. The van der Waals surface area contributed by atoms with Crippen LogP contribution in [-0.2, 0) is 4.79 Å². The van der Waals surface area contributed by atoms with E-state index in [0.29, 0.717) is 12.2 Å². The molecule has 0 aromatic rings. The van der Waals surface area contributed by atoms with Gasteiger partial charge in [-0.25, -0.2) is 0 Å². The summed E-state index contributed by atoms with van der Waals surface area (Å²) in [6, 6.07) is 0. The zero-order valence-corrected chi connectivity index (χ0v) is 9.02. The van der Waals surface area contributed by atoms with Gasteiger partial charge in [-0.2, -0.15) is 0 Å². The number of hydrogen-bond donors (Lipinski definition) is 0. The standard InChI is InChI=1S/C12H20O/c1-12(2,3)9-11(13)10-7-5-4-6-8-10/h7H,4-6,8-9H2,1-3H3. The number of allylic oxidation sites excluding steroid dienone is 2. The van der Waals surface area contributed by atoms with E-state index in [4.69, 9.17) is 0 Å². The molecule has 0 bridgehead atoms. The van der Waals surface area contributed by atoms with Crippen LogP contribution in [0.1, 0.15) is 52.9 Å². The summed E-state index contributed by atoms with van der Waals surface area (Å²) in [5, 5.41) is 0. The van der Waals surface area contributed by atoms with Gasteiger partial charge >= 0.3 is 0 Å². The third-order valence-corrected chi connectivity index (χ3v) is 2.34. The predicted octanol–water partition coefficient (Wildman–Crippen LogP) is 3.49. The second-order valence-corrected chi connectivity index (χ2v) is 5.14. The molecular weight excluding hydrogens is 160 g/mol. The number of ketones is 1. The Labute approximate surface area is 81.2 Å². The Morgan fingerprint density at radius 1 is 1.38 bits per heavy atom. The van der Waals surface area contributed by atoms with Crippen LogP contribution < -0.4 is 0 Å². The van der Waals surface area contributed by atoms with E-state index in [2.05, 4.69) is 26.8 Å². The second kappa shape index (κ2) is 4.08. The van der Waals surface area contributed by atoms with Crippen LogP contribution in [0, 0.1) is 5.41 Å². The fraction of sp³-hybridized carbons (Fsp3) is 0.750. The van der Waals surface area contributed by atoms with E-state index < -0.39 is 0 Å². The highest BCUT2D eigenvalue weighted by Crippen LogP contribution is 2.25. The predicted molar refractivity (Wildman–Crippen MR) is 55.6 cm³/mol. The normalized spacial score (nSPS) is 18.2.